The number of halogens is 4. The largest absolute Gasteiger partial charge is 0.496 e. The lowest BCUT2D eigenvalue weighted by molar-refractivity contribution is -0.0328. The number of hydrogen-bond donors (Lipinski definition) is 0. The highest BCUT2D eigenvalue weighted by molar-refractivity contribution is 9.10. The fourth-order valence-corrected chi connectivity index (χ4v) is 2.11. The topological polar surface area (TPSA) is 9.23 Å². The maximum Gasteiger partial charge on any atom is 0.446 e. The van der Waals surface area contributed by atoms with Gasteiger partial charge in [0.15, 0.2) is 0 Å². The van der Waals surface area contributed by atoms with E-state index in [-0.39, 0.29) is 16.7 Å². The van der Waals surface area contributed by atoms with E-state index in [2.05, 4.69) is 15.9 Å². The summed E-state index contributed by atoms with van der Waals surface area (Å²) in [6.07, 6.45) is 0. The van der Waals surface area contributed by atoms with Crippen molar-refractivity contribution in [2.75, 3.05) is 7.11 Å². The highest BCUT2D eigenvalue weighted by Gasteiger charge is 2.30. The molecule has 0 fully saturated rings. The standard InChI is InChI=1S/C8H6BrF3OS/c1-13-5-3-2-4-6(7(5)9)14-8(10,11)12/h2-4H,1H3. The summed E-state index contributed by atoms with van der Waals surface area (Å²) in [5.74, 6) is 0.388. The smallest absolute Gasteiger partial charge is 0.446 e. The monoisotopic (exact) mass is 286 g/mol. The van der Waals surface area contributed by atoms with Crippen LogP contribution in [0.1, 0.15) is 0 Å². The Morgan fingerprint density at radius 1 is 1.36 bits per heavy atom. The van der Waals surface area contributed by atoms with Crippen molar-refractivity contribution >= 4 is 27.7 Å². The second-order valence-electron chi connectivity index (χ2n) is 2.32. The van der Waals surface area contributed by atoms with Gasteiger partial charge < -0.3 is 4.74 Å². The summed E-state index contributed by atoms with van der Waals surface area (Å²) in [5.41, 5.74) is -4.28. The normalized spacial score (nSPS) is 11.5. The summed E-state index contributed by atoms with van der Waals surface area (Å²) in [6.45, 7) is 0. The number of benzene rings is 1. The molecule has 0 amide bonds. The van der Waals surface area contributed by atoms with Gasteiger partial charge in [-0.2, -0.15) is 13.2 Å². The van der Waals surface area contributed by atoms with E-state index in [1.807, 2.05) is 0 Å². The molecule has 0 unspecified atom stereocenters. The van der Waals surface area contributed by atoms with Crippen LogP contribution in [0.25, 0.3) is 0 Å². The number of alkyl halides is 3. The van der Waals surface area contributed by atoms with Gasteiger partial charge in [-0.25, -0.2) is 0 Å². The average Bonchev–Trinajstić information content (AvgIpc) is 2.06. The molecule has 0 aliphatic heterocycles. The van der Waals surface area contributed by atoms with Crippen molar-refractivity contribution in [2.45, 2.75) is 10.4 Å². The van der Waals surface area contributed by atoms with E-state index in [4.69, 9.17) is 4.74 Å². The first-order valence-corrected chi connectivity index (χ1v) is 5.13. The van der Waals surface area contributed by atoms with E-state index in [1.165, 1.54) is 19.2 Å². The third kappa shape index (κ3) is 3.09. The van der Waals surface area contributed by atoms with Crippen LogP contribution in [0.4, 0.5) is 13.2 Å². The third-order valence-corrected chi connectivity index (χ3v) is 3.25. The molecule has 0 aliphatic rings. The molecule has 0 saturated carbocycles. The number of hydrogen-bond acceptors (Lipinski definition) is 2. The second kappa shape index (κ2) is 4.44. The van der Waals surface area contributed by atoms with Crippen molar-refractivity contribution < 1.29 is 17.9 Å². The predicted molar refractivity (Wildman–Crippen MR) is 52.6 cm³/mol. The van der Waals surface area contributed by atoms with Crippen LogP contribution in [0.2, 0.25) is 0 Å². The number of methoxy groups -OCH3 is 1. The molecule has 0 bridgehead atoms. The molecule has 0 heterocycles. The van der Waals surface area contributed by atoms with Crippen LogP contribution in [-0.4, -0.2) is 12.6 Å². The van der Waals surface area contributed by atoms with E-state index in [0.717, 1.165) is 0 Å². The molecule has 0 radical (unpaired) electrons. The molecule has 78 valence electrons. The fourth-order valence-electron chi connectivity index (χ4n) is 0.852. The Hall–Kier alpha value is -0.360. The Labute approximate surface area is 91.8 Å². The Bertz CT molecular complexity index is 327. The quantitative estimate of drug-likeness (QED) is 0.758. The van der Waals surface area contributed by atoms with Gasteiger partial charge in [0.25, 0.3) is 0 Å². The summed E-state index contributed by atoms with van der Waals surface area (Å²) in [4.78, 5) is 0.0943. The third-order valence-electron chi connectivity index (χ3n) is 1.37. The van der Waals surface area contributed by atoms with Gasteiger partial charge in [0.2, 0.25) is 0 Å². The Morgan fingerprint density at radius 3 is 2.50 bits per heavy atom. The summed E-state index contributed by atoms with van der Waals surface area (Å²) < 4.78 is 41.4. The maximum absolute atomic E-state index is 12.1. The molecule has 1 rings (SSSR count). The Kier molecular flexibility index (Phi) is 3.71. The SMILES string of the molecule is COc1cccc(SC(F)(F)F)c1Br. The van der Waals surface area contributed by atoms with Gasteiger partial charge in [-0.1, -0.05) is 6.07 Å². The van der Waals surface area contributed by atoms with Gasteiger partial charge in [-0.05, 0) is 39.8 Å². The van der Waals surface area contributed by atoms with Crippen LogP contribution < -0.4 is 4.74 Å². The number of rotatable bonds is 2. The molecule has 1 aromatic rings. The van der Waals surface area contributed by atoms with Crippen LogP contribution >= 0.6 is 27.7 Å². The lowest BCUT2D eigenvalue weighted by atomic mass is 10.3. The molecule has 0 aromatic heterocycles. The van der Waals surface area contributed by atoms with Gasteiger partial charge in [-0.15, -0.1) is 0 Å². The van der Waals surface area contributed by atoms with Crippen LogP contribution in [0.5, 0.6) is 5.75 Å². The molecule has 0 saturated heterocycles. The Balaban J connectivity index is 2.98. The van der Waals surface area contributed by atoms with Gasteiger partial charge in [0.05, 0.1) is 11.6 Å². The van der Waals surface area contributed by atoms with E-state index in [0.29, 0.717) is 10.2 Å². The fraction of sp³-hybridized carbons (Fsp3) is 0.250. The zero-order valence-corrected chi connectivity index (χ0v) is 9.46. The van der Waals surface area contributed by atoms with Crippen molar-refractivity contribution in [2.24, 2.45) is 0 Å². The minimum absolute atomic E-state index is 0.0943. The molecule has 0 spiro atoms. The van der Waals surface area contributed by atoms with E-state index >= 15 is 0 Å². The zero-order chi connectivity index (χ0) is 10.8. The highest BCUT2D eigenvalue weighted by atomic mass is 79.9. The predicted octanol–water partition coefficient (Wildman–Crippen LogP) is 4.07. The van der Waals surface area contributed by atoms with Crippen LogP contribution in [0.3, 0.4) is 0 Å². The molecule has 0 aliphatic carbocycles. The van der Waals surface area contributed by atoms with Crippen molar-refractivity contribution in [3.8, 4) is 5.75 Å². The molecule has 0 atom stereocenters. The summed E-state index contributed by atoms with van der Waals surface area (Å²) in [6, 6.07) is 4.48. The minimum Gasteiger partial charge on any atom is -0.496 e. The summed E-state index contributed by atoms with van der Waals surface area (Å²) >= 11 is 2.88. The molecule has 1 nitrogen and oxygen atoms in total. The average molecular weight is 287 g/mol. The van der Waals surface area contributed by atoms with Gasteiger partial charge in [0, 0.05) is 4.90 Å². The highest BCUT2D eigenvalue weighted by Crippen LogP contribution is 2.43. The maximum atomic E-state index is 12.1. The van der Waals surface area contributed by atoms with Gasteiger partial charge in [0.1, 0.15) is 5.75 Å². The first kappa shape index (κ1) is 11.7. The van der Waals surface area contributed by atoms with Crippen molar-refractivity contribution in [3.63, 3.8) is 0 Å². The summed E-state index contributed by atoms with van der Waals surface area (Å²) in [7, 11) is 1.40. The second-order valence-corrected chi connectivity index (χ2v) is 4.22. The molecular formula is C8H6BrF3OS. The van der Waals surface area contributed by atoms with Gasteiger partial charge in [-0.3, -0.25) is 0 Å². The van der Waals surface area contributed by atoms with E-state index < -0.39 is 5.51 Å². The molecule has 14 heavy (non-hydrogen) atoms. The summed E-state index contributed by atoms with van der Waals surface area (Å²) in [5, 5.41) is 0. The zero-order valence-electron chi connectivity index (χ0n) is 7.06. The van der Waals surface area contributed by atoms with Crippen molar-refractivity contribution in [1.29, 1.82) is 0 Å². The number of ether oxygens (including phenoxy) is 1. The van der Waals surface area contributed by atoms with Gasteiger partial charge >= 0.3 is 5.51 Å². The van der Waals surface area contributed by atoms with E-state index in [1.54, 1.807) is 6.07 Å². The first-order valence-electron chi connectivity index (χ1n) is 3.52. The first-order chi connectivity index (χ1) is 6.44. The van der Waals surface area contributed by atoms with Crippen molar-refractivity contribution in [3.05, 3.63) is 22.7 Å². The molecule has 6 heteroatoms. The van der Waals surface area contributed by atoms with Crippen LogP contribution in [0.15, 0.2) is 27.6 Å². The Morgan fingerprint density at radius 2 is 2.00 bits per heavy atom. The molecule has 1 aromatic carbocycles. The van der Waals surface area contributed by atoms with E-state index in [9.17, 15) is 13.2 Å². The molecule has 0 N–H and O–H groups in total. The van der Waals surface area contributed by atoms with Crippen LogP contribution in [-0.2, 0) is 0 Å². The number of thioether (sulfide) groups is 1. The minimum atomic E-state index is -4.28. The lowest BCUT2D eigenvalue weighted by Crippen LogP contribution is -1.99. The molecular weight excluding hydrogens is 281 g/mol. The van der Waals surface area contributed by atoms with Crippen molar-refractivity contribution in [1.82, 2.24) is 0 Å². The lowest BCUT2D eigenvalue weighted by Gasteiger charge is -2.09. The van der Waals surface area contributed by atoms with Crippen LogP contribution in [0, 0.1) is 0 Å².